The van der Waals surface area contributed by atoms with Gasteiger partial charge >= 0.3 is 0 Å². The number of hydrogen-bond acceptors (Lipinski definition) is 1. The summed E-state index contributed by atoms with van der Waals surface area (Å²) in [5.41, 5.74) is 16.5. The lowest BCUT2D eigenvalue weighted by Gasteiger charge is -2.36. The largest absolute Gasteiger partial charge is 0.334 e. The highest BCUT2D eigenvalue weighted by Gasteiger charge is 2.25. The minimum Gasteiger partial charge on any atom is -0.334 e. The monoisotopic (exact) mass is 873 g/mol. The van der Waals surface area contributed by atoms with Crippen LogP contribution in [0.2, 0.25) is 0 Å². The summed E-state index contributed by atoms with van der Waals surface area (Å²) in [6.45, 7) is 2.32. The number of anilines is 2. The number of benzene rings is 8. The lowest BCUT2D eigenvalue weighted by molar-refractivity contribution is 0.606. The van der Waals surface area contributed by atoms with Crippen LogP contribution in [0.3, 0.4) is 0 Å². The second kappa shape index (κ2) is 22.6. The highest BCUT2D eigenvalue weighted by molar-refractivity contribution is 5.83. The molecule has 1 heteroatoms. The van der Waals surface area contributed by atoms with E-state index in [4.69, 9.17) is 0 Å². The molecule has 0 fully saturated rings. The molecule has 1 aliphatic rings. The molecule has 1 nitrogen and oxygen atoms in total. The maximum Gasteiger partial charge on any atom is 0.0585 e. The highest BCUT2D eigenvalue weighted by Crippen LogP contribution is 2.35. The maximum atomic E-state index is 2.48. The first-order valence-corrected chi connectivity index (χ1v) is 23.5. The third kappa shape index (κ3) is 11.5. The molecule has 0 saturated carbocycles. The Morgan fingerprint density at radius 2 is 0.647 bits per heavy atom. The zero-order chi connectivity index (χ0) is 46.2. The van der Waals surface area contributed by atoms with Crippen molar-refractivity contribution in [2.45, 2.75) is 13.0 Å². The topological polar surface area (TPSA) is 3.24 Å². The van der Waals surface area contributed by atoms with Crippen LogP contribution in [0.25, 0.3) is 28.9 Å². The summed E-state index contributed by atoms with van der Waals surface area (Å²) < 4.78 is 0. The lowest BCUT2D eigenvalue weighted by atomic mass is 9.90. The van der Waals surface area contributed by atoms with Gasteiger partial charge in [0, 0.05) is 11.4 Å². The fourth-order valence-corrected chi connectivity index (χ4v) is 8.81. The fraction of sp³-hybridized carbons (Fsp3) is 0.0448. The quantitative estimate of drug-likeness (QED) is 0.0928. The first-order chi connectivity index (χ1) is 33.7. The van der Waals surface area contributed by atoms with E-state index in [1.807, 2.05) is 0 Å². The molecule has 0 bridgehead atoms. The van der Waals surface area contributed by atoms with E-state index in [0.29, 0.717) is 0 Å². The van der Waals surface area contributed by atoms with Crippen molar-refractivity contribution < 1.29 is 0 Å². The van der Waals surface area contributed by atoms with Crippen LogP contribution >= 0.6 is 0 Å². The van der Waals surface area contributed by atoms with E-state index < -0.39 is 0 Å². The van der Waals surface area contributed by atoms with Crippen LogP contribution in [0, 0.1) is 5.92 Å². The van der Waals surface area contributed by atoms with Crippen molar-refractivity contribution in [2.24, 2.45) is 5.92 Å². The van der Waals surface area contributed by atoms with Crippen LogP contribution in [-0.2, 0) is 0 Å². The number of hydrogen-bond donors (Lipinski definition) is 0. The minimum absolute atomic E-state index is 0.0964. The molecular formula is C67H55N. The van der Waals surface area contributed by atoms with Crippen LogP contribution < -0.4 is 4.90 Å². The van der Waals surface area contributed by atoms with Gasteiger partial charge in [-0.05, 0) is 97.0 Å². The first-order valence-electron chi connectivity index (χ1n) is 23.5. The van der Waals surface area contributed by atoms with Crippen molar-refractivity contribution in [2.75, 3.05) is 4.90 Å². The van der Waals surface area contributed by atoms with E-state index in [9.17, 15) is 0 Å². The van der Waals surface area contributed by atoms with Crippen molar-refractivity contribution in [1.82, 2.24) is 0 Å². The Bertz CT molecular complexity index is 2830. The summed E-state index contributed by atoms with van der Waals surface area (Å²) in [6.07, 6.45) is 26.8. The van der Waals surface area contributed by atoms with E-state index in [1.165, 1.54) is 55.7 Å². The predicted molar refractivity (Wildman–Crippen MR) is 292 cm³/mol. The van der Waals surface area contributed by atoms with E-state index in [2.05, 4.69) is 315 Å². The predicted octanol–water partition coefficient (Wildman–Crippen LogP) is 17.3. The summed E-state index contributed by atoms with van der Waals surface area (Å²) in [5.74, 6) is 0.226. The molecule has 328 valence electrons. The normalized spacial score (nSPS) is 14.4. The molecule has 68 heavy (non-hydrogen) atoms. The lowest BCUT2D eigenvalue weighted by Crippen LogP contribution is -2.35. The van der Waals surface area contributed by atoms with Gasteiger partial charge in [-0.15, -0.1) is 0 Å². The fourth-order valence-electron chi connectivity index (χ4n) is 8.81. The smallest absolute Gasteiger partial charge is 0.0585 e. The molecule has 0 spiro atoms. The van der Waals surface area contributed by atoms with Crippen molar-refractivity contribution in [1.29, 1.82) is 0 Å². The van der Waals surface area contributed by atoms with Gasteiger partial charge in [0.05, 0.1) is 6.04 Å². The van der Waals surface area contributed by atoms with Gasteiger partial charge in [0.15, 0.2) is 0 Å². The molecule has 1 aliphatic carbocycles. The van der Waals surface area contributed by atoms with Gasteiger partial charge in [-0.25, -0.2) is 0 Å². The SMILES string of the molecule is CC1C=C(C=CC=C(c2ccccc2)c2ccccc2)C=CC1N(c1ccc(C=CC=C(c2ccccc2)c2ccccc2)cc1)c1ccc(C=CC=C(c2ccccc2)c2ccccc2)cc1. The number of rotatable bonds is 15. The van der Waals surface area contributed by atoms with Crippen molar-refractivity contribution in [3.63, 3.8) is 0 Å². The second-order valence-electron chi connectivity index (χ2n) is 16.9. The van der Waals surface area contributed by atoms with E-state index in [-0.39, 0.29) is 12.0 Å². The van der Waals surface area contributed by atoms with Crippen LogP contribution in [0.4, 0.5) is 11.4 Å². The Morgan fingerprint density at radius 1 is 0.353 bits per heavy atom. The Balaban J connectivity index is 0.997. The molecule has 9 rings (SSSR count). The Kier molecular flexibility index (Phi) is 14.8. The summed E-state index contributed by atoms with van der Waals surface area (Å²) in [6, 6.07) is 81.6. The van der Waals surface area contributed by atoms with Crippen molar-refractivity contribution in [3.8, 4) is 0 Å². The van der Waals surface area contributed by atoms with Gasteiger partial charge < -0.3 is 4.90 Å². The Morgan fingerprint density at radius 3 is 0.941 bits per heavy atom. The van der Waals surface area contributed by atoms with E-state index >= 15 is 0 Å². The number of nitrogens with zero attached hydrogens (tertiary/aromatic N) is 1. The van der Waals surface area contributed by atoms with Crippen molar-refractivity contribution in [3.05, 3.63) is 341 Å². The van der Waals surface area contributed by atoms with E-state index in [0.717, 1.165) is 22.5 Å². The molecule has 8 aromatic carbocycles. The van der Waals surface area contributed by atoms with E-state index in [1.54, 1.807) is 0 Å². The highest BCUT2D eigenvalue weighted by atomic mass is 15.2. The summed E-state index contributed by atoms with van der Waals surface area (Å²) >= 11 is 0. The molecule has 0 radical (unpaired) electrons. The molecule has 0 aliphatic heterocycles. The summed E-state index contributed by atoms with van der Waals surface area (Å²) in [4.78, 5) is 2.48. The second-order valence-corrected chi connectivity index (χ2v) is 16.9. The van der Waals surface area contributed by atoms with Crippen LogP contribution in [-0.4, -0.2) is 6.04 Å². The Labute approximate surface area is 403 Å². The molecule has 0 aromatic heterocycles. The molecule has 0 saturated heterocycles. The summed E-state index contributed by atoms with van der Waals surface area (Å²) in [7, 11) is 0. The minimum atomic E-state index is 0.0964. The average Bonchev–Trinajstić information content (AvgIpc) is 3.41. The van der Waals surface area contributed by atoms with Gasteiger partial charge in [-0.2, -0.15) is 0 Å². The van der Waals surface area contributed by atoms with Crippen LogP contribution in [0.1, 0.15) is 51.4 Å². The van der Waals surface area contributed by atoms with Gasteiger partial charge in [-0.1, -0.05) is 286 Å². The van der Waals surface area contributed by atoms with Gasteiger partial charge in [0.1, 0.15) is 0 Å². The standard InChI is InChI=1S/C67H55N/c1-52-51-55(25-22-40-66(60-34-16-6-17-35-60)61-36-18-7-19-37-61)45-50-67(52)68(62-46-41-53(42-47-62)23-20-38-64(56-26-8-2-9-27-56)57-28-10-3-11-29-57)63-48-43-54(44-49-63)24-21-39-65(58-30-12-4-13-31-58)59-32-14-5-15-33-59/h2-52,67H,1H3. The molecule has 0 heterocycles. The van der Waals surface area contributed by atoms with Gasteiger partial charge in [-0.3, -0.25) is 0 Å². The van der Waals surface area contributed by atoms with Crippen LogP contribution in [0.15, 0.2) is 297 Å². The van der Waals surface area contributed by atoms with Crippen molar-refractivity contribution >= 4 is 40.2 Å². The summed E-state index contributed by atoms with van der Waals surface area (Å²) in [5, 5.41) is 0. The maximum absolute atomic E-state index is 2.48. The van der Waals surface area contributed by atoms with Gasteiger partial charge in [0.2, 0.25) is 0 Å². The zero-order valence-electron chi connectivity index (χ0n) is 38.5. The van der Waals surface area contributed by atoms with Gasteiger partial charge in [0.25, 0.3) is 0 Å². The first kappa shape index (κ1) is 44.7. The van der Waals surface area contributed by atoms with Crippen LogP contribution in [0.5, 0.6) is 0 Å². The average molecular weight is 874 g/mol. The molecule has 0 N–H and O–H groups in total. The third-order valence-electron chi connectivity index (χ3n) is 12.3. The Hall–Kier alpha value is -8.52. The molecular weight excluding hydrogens is 819 g/mol. The zero-order valence-corrected chi connectivity index (χ0v) is 38.5. The molecule has 0 amide bonds. The molecule has 2 atom stereocenters. The molecule has 2 unspecified atom stereocenters. The molecule has 8 aromatic rings. The third-order valence-corrected chi connectivity index (χ3v) is 12.3. The number of allylic oxidation sites excluding steroid dienone is 9.